The molecule has 0 nitrogen and oxygen atoms in total. The fourth-order valence-electron chi connectivity index (χ4n) is 2.23. The Bertz CT molecular complexity index is 723. The second-order valence-electron chi connectivity index (χ2n) is 4.96. The maximum Gasteiger partial charge on any atom is 0.00404 e. The molecule has 0 heterocycles. The van der Waals surface area contributed by atoms with Gasteiger partial charge in [0.2, 0.25) is 0 Å². The summed E-state index contributed by atoms with van der Waals surface area (Å²) in [5.74, 6) is 0. The summed E-state index contributed by atoms with van der Waals surface area (Å²) in [6.45, 7) is 0. The Morgan fingerprint density at radius 2 is 1.05 bits per heavy atom. The van der Waals surface area contributed by atoms with Gasteiger partial charge in [-0.25, -0.2) is 0 Å². The van der Waals surface area contributed by atoms with Crippen molar-refractivity contribution in [2.45, 2.75) is 9.79 Å². The summed E-state index contributed by atoms with van der Waals surface area (Å²) in [6, 6.07) is 26.4. The van der Waals surface area contributed by atoms with Crippen LogP contribution in [-0.4, -0.2) is 0 Å². The summed E-state index contributed by atoms with van der Waals surface area (Å²) in [6.07, 6.45) is 3.52. The zero-order valence-corrected chi connectivity index (χ0v) is 13.7. The third-order valence-corrected chi connectivity index (χ3v) is 3.95. The number of hydrogen-bond acceptors (Lipinski definition) is 2. The molecule has 107 valence electrons. The van der Waals surface area contributed by atoms with Gasteiger partial charge in [-0.1, -0.05) is 54.6 Å². The van der Waals surface area contributed by atoms with Crippen LogP contribution in [0.5, 0.6) is 0 Å². The highest BCUT2D eigenvalue weighted by Crippen LogP contribution is 2.26. The first-order valence-corrected chi connectivity index (χ1v) is 7.90. The zero-order valence-electron chi connectivity index (χ0n) is 11.9. The Hall–Kier alpha value is -1.90. The van der Waals surface area contributed by atoms with E-state index in [1.54, 1.807) is 0 Å². The molecule has 0 saturated heterocycles. The average Bonchev–Trinajstić information content (AvgIpc) is 2.56. The van der Waals surface area contributed by atoms with Crippen LogP contribution in [0.1, 0.15) is 16.7 Å². The maximum absolute atomic E-state index is 4.36. The number of rotatable bonds is 3. The van der Waals surface area contributed by atoms with Gasteiger partial charge in [0, 0.05) is 9.79 Å². The van der Waals surface area contributed by atoms with E-state index in [9.17, 15) is 0 Å². The molecule has 0 aliphatic rings. The standard InChI is InChI=1S/C20H15S2/c21-18-10-6-16(7-11-18)20(14-15-4-2-1-3-5-15)17-8-12-19(22)13-9-17/h1-13,21-22H. The molecular weight excluding hydrogens is 304 g/mol. The minimum absolute atomic E-state index is 0.952. The highest BCUT2D eigenvalue weighted by Gasteiger charge is 2.06. The van der Waals surface area contributed by atoms with Crippen LogP contribution in [0.3, 0.4) is 0 Å². The van der Waals surface area contributed by atoms with Crippen LogP contribution in [-0.2, 0) is 0 Å². The van der Waals surface area contributed by atoms with Crippen LogP contribution >= 0.6 is 25.3 Å². The quantitative estimate of drug-likeness (QED) is 0.459. The lowest BCUT2D eigenvalue weighted by molar-refractivity contribution is 1.40. The van der Waals surface area contributed by atoms with Crippen LogP contribution in [0.4, 0.5) is 0 Å². The molecular formula is C20H15S2. The number of hydrogen-bond donors (Lipinski definition) is 2. The smallest absolute Gasteiger partial charge is 0.00404 e. The Labute approximate surface area is 142 Å². The lowest BCUT2D eigenvalue weighted by Crippen LogP contribution is -1.90. The van der Waals surface area contributed by atoms with E-state index < -0.39 is 0 Å². The minimum Gasteiger partial charge on any atom is -0.143 e. The first-order chi connectivity index (χ1) is 10.7. The topological polar surface area (TPSA) is 0 Å². The molecule has 1 radical (unpaired) electrons. The monoisotopic (exact) mass is 319 g/mol. The molecule has 0 fully saturated rings. The van der Waals surface area contributed by atoms with Crippen molar-refractivity contribution >= 4 is 30.8 Å². The van der Waals surface area contributed by atoms with Crippen LogP contribution < -0.4 is 0 Å². The highest BCUT2D eigenvalue weighted by molar-refractivity contribution is 7.80. The molecule has 3 aromatic carbocycles. The fraction of sp³-hybridized carbons (Fsp3) is 0. The average molecular weight is 319 g/mol. The van der Waals surface area contributed by atoms with E-state index >= 15 is 0 Å². The van der Waals surface area contributed by atoms with Gasteiger partial charge in [-0.3, -0.25) is 0 Å². The van der Waals surface area contributed by atoms with Gasteiger partial charge in [0.25, 0.3) is 0 Å². The molecule has 22 heavy (non-hydrogen) atoms. The first-order valence-electron chi connectivity index (χ1n) is 7.00. The number of thiol groups is 2. The van der Waals surface area contributed by atoms with E-state index in [4.69, 9.17) is 0 Å². The largest absolute Gasteiger partial charge is 0.143 e. The normalized spacial score (nSPS) is 10.3. The van der Waals surface area contributed by atoms with E-state index in [1.165, 1.54) is 0 Å². The third-order valence-electron chi connectivity index (χ3n) is 3.36. The molecule has 0 unspecified atom stereocenters. The van der Waals surface area contributed by atoms with E-state index in [0.717, 1.165) is 32.1 Å². The van der Waals surface area contributed by atoms with Crippen LogP contribution in [0, 0.1) is 6.08 Å². The molecule has 0 bridgehead atoms. The summed E-state index contributed by atoms with van der Waals surface area (Å²) in [5, 5.41) is 0. The molecule has 0 spiro atoms. The third kappa shape index (κ3) is 3.65. The molecule has 2 heteroatoms. The van der Waals surface area contributed by atoms with Crippen molar-refractivity contribution in [1.82, 2.24) is 0 Å². The van der Waals surface area contributed by atoms with Gasteiger partial charge in [-0.2, -0.15) is 0 Å². The van der Waals surface area contributed by atoms with Crippen LogP contribution in [0.2, 0.25) is 0 Å². The molecule has 0 N–H and O–H groups in total. The zero-order chi connectivity index (χ0) is 15.4. The minimum atomic E-state index is 0.952. The molecule has 0 saturated carbocycles. The second-order valence-corrected chi connectivity index (χ2v) is 5.99. The summed E-state index contributed by atoms with van der Waals surface area (Å²) in [4.78, 5) is 1.90. The van der Waals surface area contributed by atoms with Crippen molar-refractivity contribution in [2.75, 3.05) is 0 Å². The van der Waals surface area contributed by atoms with E-state index in [1.807, 2.05) is 42.5 Å². The van der Waals surface area contributed by atoms with Gasteiger partial charge in [-0.05, 0) is 52.6 Å². The van der Waals surface area contributed by atoms with Crippen molar-refractivity contribution in [3.63, 3.8) is 0 Å². The lowest BCUT2D eigenvalue weighted by Gasteiger charge is -2.09. The summed E-state index contributed by atoms with van der Waals surface area (Å²) >= 11 is 8.72. The first kappa shape index (κ1) is 15.0. The molecule has 0 atom stereocenters. The van der Waals surface area contributed by atoms with Gasteiger partial charge in [-0.15, -0.1) is 25.3 Å². The van der Waals surface area contributed by atoms with Crippen molar-refractivity contribution in [3.05, 3.63) is 102 Å². The summed E-state index contributed by atoms with van der Waals surface area (Å²) in [7, 11) is 0. The van der Waals surface area contributed by atoms with Crippen molar-refractivity contribution < 1.29 is 0 Å². The van der Waals surface area contributed by atoms with Crippen molar-refractivity contribution in [3.8, 4) is 0 Å². The number of benzene rings is 3. The summed E-state index contributed by atoms with van der Waals surface area (Å²) in [5.41, 5.74) is 4.36. The molecule has 0 aliphatic heterocycles. The van der Waals surface area contributed by atoms with Crippen LogP contribution in [0.25, 0.3) is 5.57 Å². The SMILES string of the molecule is Sc1ccc(C(=[C]c2ccccc2)c2ccc(S)cc2)cc1. The Kier molecular flexibility index (Phi) is 4.71. The van der Waals surface area contributed by atoms with Gasteiger partial charge in [0.1, 0.15) is 0 Å². The molecule has 0 aromatic heterocycles. The van der Waals surface area contributed by atoms with E-state index in [2.05, 4.69) is 67.7 Å². The summed E-state index contributed by atoms with van der Waals surface area (Å²) < 4.78 is 0. The van der Waals surface area contributed by atoms with Gasteiger partial charge in [0.05, 0.1) is 0 Å². The fourth-order valence-corrected chi connectivity index (χ4v) is 2.53. The van der Waals surface area contributed by atoms with Crippen molar-refractivity contribution in [1.29, 1.82) is 0 Å². The second kappa shape index (κ2) is 6.91. The molecule has 3 aromatic rings. The van der Waals surface area contributed by atoms with E-state index in [0.29, 0.717) is 0 Å². The predicted molar refractivity (Wildman–Crippen MR) is 98.7 cm³/mol. The predicted octanol–water partition coefficient (Wildman–Crippen LogP) is 5.55. The Morgan fingerprint density at radius 3 is 1.50 bits per heavy atom. The maximum atomic E-state index is 4.36. The lowest BCUT2D eigenvalue weighted by atomic mass is 9.96. The van der Waals surface area contributed by atoms with Gasteiger partial charge < -0.3 is 0 Å². The van der Waals surface area contributed by atoms with E-state index in [-0.39, 0.29) is 0 Å². The molecule has 3 rings (SSSR count). The Balaban J connectivity index is 2.11. The molecule has 0 aliphatic carbocycles. The van der Waals surface area contributed by atoms with Crippen LogP contribution in [0.15, 0.2) is 88.7 Å². The van der Waals surface area contributed by atoms with Crippen molar-refractivity contribution in [2.24, 2.45) is 0 Å². The highest BCUT2D eigenvalue weighted by atomic mass is 32.1. The Morgan fingerprint density at radius 1 is 0.591 bits per heavy atom. The van der Waals surface area contributed by atoms with Gasteiger partial charge >= 0.3 is 0 Å². The molecule has 0 amide bonds. The van der Waals surface area contributed by atoms with Gasteiger partial charge in [0.15, 0.2) is 0 Å².